The molecule has 1 aromatic rings. The lowest BCUT2D eigenvalue weighted by Crippen LogP contribution is -2.20. The summed E-state index contributed by atoms with van der Waals surface area (Å²) < 4.78 is 60.0. The number of benzene rings is 1. The van der Waals surface area contributed by atoms with E-state index in [2.05, 4.69) is 5.32 Å². The number of alkyl halides is 5. The third-order valence-electron chi connectivity index (χ3n) is 1.91. The van der Waals surface area contributed by atoms with Gasteiger partial charge in [-0.05, 0) is 17.7 Å². The van der Waals surface area contributed by atoms with Gasteiger partial charge in [-0.3, -0.25) is 0 Å². The molecule has 0 unspecified atom stereocenters. The van der Waals surface area contributed by atoms with E-state index in [-0.39, 0.29) is 6.54 Å². The van der Waals surface area contributed by atoms with Gasteiger partial charge < -0.3 is 5.32 Å². The maximum absolute atomic E-state index is 12.2. The average molecular weight is 239 g/mol. The summed E-state index contributed by atoms with van der Waals surface area (Å²) in [7, 11) is 0. The maximum atomic E-state index is 12.2. The Morgan fingerprint density at radius 3 is 2.06 bits per heavy atom. The average Bonchev–Trinajstić information content (AvgIpc) is 2.16. The van der Waals surface area contributed by atoms with Crippen molar-refractivity contribution in [2.24, 2.45) is 0 Å². The summed E-state index contributed by atoms with van der Waals surface area (Å²) in [6.45, 7) is -0.344. The molecule has 0 radical (unpaired) electrons. The second kappa shape index (κ2) is 5.25. The highest BCUT2D eigenvalue weighted by Crippen LogP contribution is 2.28. The van der Waals surface area contributed by atoms with Crippen molar-refractivity contribution in [2.75, 3.05) is 6.54 Å². The van der Waals surface area contributed by atoms with Gasteiger partial charge in [-0.2, -0.15) is 13.2 Å². The summed E-state index contributed by atoms with van der Waals surface area (Å²) in [5, 5.41) is 2.43. The van der Waals surface area contributed by atoms with Gasteiger partial charge in [0.2, 0.25) is 0 Å². The predicted octanol–water partition coefficient (Wildman–Crippen LogP) is 3.06. The van der Waals surface area contributed by atoms with E-state index in [0.717, 1.165) is 12.1 Å². The minimum Gasteiger partial charge on any atom is -0.307 e. The van der Waals surface area contributed by atoms with Gasteiger partial charge in [0.05, 0.1) is 12.1 Å². The van der Waals surface area contributed by atoms with E-state index in [1.165, 1.54) is 12.1 Å². The zero-order valence-corrected chi connectivity index (χ0v) is 8.19. The molecule has 16 heavy (non-hydrogen) atoms. The van der Waals surface area contributed by atoms with Crippen LogP contribution >= 0.6 is 0 Å². The van der Waals surface area contributed by atoms with Crippen LogP contribution in [-0.4, -0.2) is 13.0 Å². The summed E-state index contributed by atoms with van der Waals surface area (Å²) in [5.41, 5.74) is -0.209. The first kappa shape index (κ1) is 12.9. The summed E-state index contributed by atoms with van der Waals surface area (Å²) >= 11 is 0. The van der Waals surface area contributed by atoms with Crippen LogP contribution in [0.5, 0.6) is 0 Å². The Labute approximate surface area is 89.3 Å². The molecule has 1 aromatic carbocycles. The molecule has 0 aliphatic heterocycles. The van der Waals surface area contributed by atoms with Gasteiger partial charge in [0.25, 0.3) is 6.43 Å². The van der Waals surface area contributed by atoms with Crippen molar-refractivity contribution in [1.29, 1.82) is 0 Å². The summed E-state index contributed by atoms with van der Waals surface area (Å²) in [4.78, 5) is 0. The number of rotatable bonds is 4. The molecule has 0 aliphatic rings. The Balaban J connectivity index is 2.52. The Morgan fingerprint density at radius 2 is 1.62 bits per heavy atom. The number of nitrogens with one attached hydrogen (secondary N) is 1. The van der Waals surface area contributed by atoms with Crippen molar-refractivity contribution in [3.05, 3.63) is 35.4 Å². The van der Waals surface area contributed by atoms with Crippen LogP contribution in [0.4, 0.5) is 22.0 Å². The van der Waals surface area contributed by atoms with E-state index in [1.807, 2.05) is 0 Å². The molecular formula is C10H10F5N. The Hall–Kier alpha value is -1.17. The fourth-order valence-electron chi connectivity index (χ4n) is 1.14. The van der Waals surface area contributed by atoms with E-state index < -0.39 is 24.7 Å². The van der Waals surface area contributed by atoms with Gasteiger partial charge in [-0.25, -0.2) is 8.78 Å². The highest BCUT2D eigenvalue weighted by atomic mass is 19.4. The molecular weight excluding hydrogens is 229 g/mol. The van der Waals surface area contributed by atoms with Crippen LogP contribution in [0.2, 0.25) is 0 Å². The lowest BCUT2D eigenvalue weighted by molar-refractivity contribution is -0.137. The third-order valence-corrected chi connectivity index (χ3v) is 1.91. The Morgan fingerprint density at radius 1 is 1.06 bits per heavy atom. The number of halogens is 5. The second-order valence-electron chi connectivity index (χ2n) is 3.22. The highest BCUT2D eigenvalue weighted by Gasteiger charge is 2.29. The normalized spacial score (nSPS) is 12.1. The van der Waals surface area contributed by atoms with Crippen LogP contribution in [0.25, 0.3) is 0 Å². The molecule has 0 heterocycles. The minimum absolute atomic E-state index is 0.127. The second-order valence-corrected chi connectivity index (χ2v) is 3.22. The van der Waals surface area contributed by atoms with Crippen LogP contribution in [0.3, 0.4) is 0 Å². The molecule has 0 saturated heterocycles. The van der Waals surface area contributed by atoms with Crippen molar-refractivity contribution >= 4 is 0 Å². The molecule has 0 aromatic heterocycles. The smallest absolute Gasteiger partial charge is 0.307 e. The van der Waals surface area contributed by atoms with Crippen LogP contribution in [0.15, 0.2) is 24.3 Å². The Kier molecular flexibility index (Phi) is 4.23. The zero-order chi connectivity index (χ0) is 12.2. The molecule has 0 spiro atoms. The molecule has 1 nitrogen and oxygen atoms in total. The SMILES string of the molecule is FC(F)CNCc1ccc(C(F)(F)F)cc1. The number of hydrogen-bond donors (Lipinski definition) is 1. The topological polar surface area (TPSA) is 12.0 Å². The zero-order valence-electron chi connectivity index (χ0n) is 8.19. The van der Waals surface area contributed by atoms with Crippen LogP contribution in [0.1, 0.15) is 11.1 Å². The predicted molar refractivity (Wildman–Crippen MR) is 49.2 cm³/mol. The van der Waals surface area contributed by atoms with Gasteiger partial charge in [-0.15, -0.1) is 0 Å². The van der Waals surface area contributed by atoms with Gasteiger partial charge in [-0.1, -0.05) is 12.1 Å². The van der Waals surface area contributed by atoms with Crippen molar-refractivity contribution in [3.8, 4) is 0 Å². The standard InChI is InChI=1S/C10H10F5N/c11-9(12)6-16-5-7-1-3-8(4-2-7)10(13,14)15/h1-4,9,16H,5-6H2. The largest absolute Gasteiger partial charge is 0.416 e. The van der Waals surface area contributed by atoms with E-state index in [9.17, 15) is 22.0 Å². The third kappa shape index (κ3) is 4.14. The number of hydrogen-bond acceptors (Lipinski definition) is 1. The van der Waals surface area contributed by atoms with E-state index in [1.54, 1.807) is 0 Å². The molecule has 0 fully saturated rings. The lowest BCUT2D eigenvalue weighted by Gasteiger charge is -2.08. The van der Waals surface area contributed by atoms with Crippen molar-refractivity contribution in [2.45, 2.75) is 19.1 Å². The first-order chi connectivity index (χ1) is 7.39. The van der Waals surface area contributed by atoms with Crippen LogP contribution in [0, 0.1) is 0 Å². The lowest BCUT2D eigenvalue weighted by atomic mass is 10.1. The van der Waals surface area contributed by atoms with E-state index in [4.69, 9.17) is 0 Å². The molecule has 0 saturated carbocycles. The van der Waals surface area contributed by atoms with Gasteiger partial charge >= 0.3 is 6.18 Å². The van der Waals surface area contributed by atoms with Gasteiger partial charge in [0.1, 0.15) is 0 Å². The van der Waals surface area contributed by atoms with Crippen molar-refractivity contribution in [1.82, 2.24) is 5.32 Å². The van der Waals surface area contributed by atoms with Gasteiger partial charge in [0, 0.05) is 6.54 Å². The monoisotopic (exact) mass is 239 g/mol. The van der Waals surface area contributed by atoms with E-state index >= 15 is 0 Å². The summed E-state index contributed by atoms with van der Waals surface area (Å²) in [5.74, 6) is 0. The molecule has 0 bridgehead atoms. The minimum atomic E-state index is -4.37. The fourth-order valence-corrected chi connectivity index (χ4v) is 1.14. The van der Waals surface area contributed by atoms with Gasteiger partial charge in [0.15, 0.2) is 0 Å². The van der Waals surface area contributed by atoms with Crippen molar-refractivity contribution in [3.63, 3.8) is 0 Å². The van der Waals surface area contributed by atoms with Crippen molar-refractivity contribution < 1.29 is 22.0 Å². The first-order valence-corrected chi connectivity index (χ1v) is 4.54. The fraction of sp³-hybridized carbons (Fsp3) is 0.400. The first-order valence-electron chi connectivity index (χ1n) is 4.54. The molecule has 1 N–H and O–H groups in total. The molecule has 1 rings (SSSR count). The van der Waals surface area contributed by atoms with E-state index in [0.29, 0.717) is 5.56 Å². The molecule has 0 aliphatic carbocycles. The molecule has 90 valence electrons. The quantitative estimate of drug-likeness (QED) is 0.796. The molecule has 0 atom stereocenters. The molecule has 6 heteroatoms. The highest BCUT2D eigenvalue weighted by molar-refractivity contribution is 5.24. The Bertz CT molecular complexity index is 317. The molecule has 0 amide bonds. The maximum Gasteiger partial charge on any atom is 0.416 e. The van der Waals surface area contributed by atoms with Crippen LogP contribution < -0.4 is 5.32 Å². The van der Waals surface area contributed by atoms with Crippen LogP contribution in [-0.2, 0) is 12.7 Å². The summed E-state index contributed by atoms with van der Waals surface area (Å²) in [6.07, 6.45) is -6.83. The summed E-state index contributed by atoms with van der Waals surface area (Å²) in [6, 6.07) is 4.39.